The first kappa shape index (κ1) is 18.9. The monoisotopic (exact) mass is 341 g/mol. The summed E-state index contributed by atoms with van der Waals surface area (Å²) in [5.41, 5.74) is 4.04. The molecule has 0 aliphatic rings. The summed E-state index contributed by atoms with van der Waals surface area (Å²) in [5.74, 6) is 0. The topological polar surface area (TPSA) is 65.5 Å². The molecule has 1 unspecified atom stereocenters. The molecular weight excluding hydrogens is 314 g/mol. The van der Waals surface area contributed by atoms with E-state index in [4.69, 9.17) is 0 Å². The minimum atomic E-state index is -0.687. The maximum atomic E-state index is 12.3. The van der Waals surface area contributed by atoms with Crippen molar-refractivity contribution in [3.8, 4) is 0 Å². The van der Waals surface area contributed by atoms with E-state index in [1.807, 2.05) is 63.4 Å². The van der Waals surface area contributed by atoms with Gasteiger partial charge in [-0.1, -0.05) is 35.9 Å². The van der Waals surface area contributed by atoms with Crippen molar-refractivity contribution in [2.45, 2.75) is 33.3 Å². The van der Waals surface area contributed by atoms with Crippen molar-refractivity contribution in [3.63, 3.8) is 0 Å². The third-order valence-corrected chi connectivity index (χ3v) is 4.19. The molecule has 25 heavy (non-hydrogen) atoms. The van der Waals surface area contributed by atoms with Gasteiger partial charge in [-0.25, -0.2) is 4.79 Å². The lowest BCUT2D eigenvalue weighted by molar-refractivity contribution is 0.123. The van der Waals surface area contributed by atoms with E-state index in [-0.39, 0.29) is 12.6 Å². The highest BCUT2D eigenvalue weighted by Gasteiger charge is 2.17. The minimum absolute atomic E-state index is 0.159. The van der Waals surface area contributed by atoms with Gasteiger partial charge in [0, 0.05) is 25.0 Å². The molecule has 0 saturated carbocycles. The van der Waals surface area contributed by atoms with Crippen molar-refractivity contribution in [2.24, 2.45) is 0 Å². The molecule has 1 heterocycles. The number of aliphatic hydroxyl groups excluding tert-OH is 1. The predicted molar refractivity (Wildman–Crippen MR) is 99.5 cm³/mol. The van der Waals surface area contributed by atoms with Gasteiger partial charge in [0.2, 0.25) is 0 Å². The van der Waals surface area contributed by atoms with Gasteiger partial charge in [-0.3, -0.25) is 4.98 Å². The molecule has 2 amide bonds. The SMILES string of the molecule is CCN(CC(O)c1ccc(C)cc1)C(=O)NCCc1ccc(C)nc1. The predicted octanol–water partition coefficient (Wildman–Crippen LogP) is 3.01. The number of hydrogen-bond donors (Lipinski definition) is 2. The maximum absolute atomic E-state index is 12.3. The Labute approximate surface area is 149 Å². The number of nitrogens with zero attached hydrogens (tertiary/aromatic N) is 2. The van der Waals surface area contributed by atoms with E-state index >= 15 is 0 Å². The average Bonchev–Trinajstić information content (AvgIpc) is 2.61. The van der Waals surface area contributed by atoms with Crippen LogP contribution in [0.15, 0.2) is 42.6 Å². The lowest BCUT2D eigenvalue weighted by Gasteiger charge is -2.24. The van der Waals surface area contributed by atoms with Crippen molar-refractivity contribution in [1.82, 2.24) is 15.2 Å². The van der Waals surface area contributed by atoms with Gasteiger partial charge < -0.3 is 15.3 Å². The average molecular weight is 341 g/mol. The number of aliphatic hydroxyl groups is 1. The van der Waals surface area contributed by atoms with E-state index in [9.17, 15) is 9.90 Å². The fourth-order valence-corrected chi connectivity index (χ4v) is 2.53. The van der Waals surface area contributed by atoms with Crippen LogP contribution in [0.2, 0.25) is 0 Å². The van der Waals surface area contributed by atoms with E-state index < -0.39 is 6.10 Å². The Morgan fingerprint density at radius 2 is 1.92 bits per heavy atom. The molecule has 0 bridgehead atoms. The van der Waals surface area contributed by atoms with Crippen LogP contribution in [0.5, 0.6) is 0 Å². The Morgan fingerprint density at radius 1 is 1.20 bits per heavy atom. The second-order valence-corrected chi connectivity index (χ2v) is 6.25. The molecule has 5 heteroatoms. The van der Waals surface area contributed by atoms with Crippen LogP contribution < -0.4 is 5.32 Å². The van der Waals surface area contributed by atoms with Crippen LogP contribution in [0.25, 0.3) is 0 Å². The second kappa shape index (κ2) is 9.18. The summed E-state index contributed by atoms with van der Waals surface area (Å²) in [5, 5.41) is 13.3. The van der Waals surface area contributed by atoms with E-state index in [0.29, 0.717) is 13.1 Å². The lowest BCUT2D eigenvalue weighted by atomic mass is 10.1. The molecule has 5 nitrogen and oxygen atoms in total. The molecule has 2 rings (SSSR count). The third-order valence-electron chi connectivity index (χ3n) is 4.19. The fourth-order valence-electron chi connectivity index (χ4n) is 2.53. The van der Waals surface area contributed by atoms with Gasteiger partial charge in [-0.05, 0) is 44.4 Å². The molecule has 1 atom stereocenters. The van der Waals surface area contributed by atoms with E-state index in [1.54, 1.807) is 4.90 Å². The summed E-state index contributed by atoms with van der Waals surface area (Å²) < 4.78 is 0. The van der Waals surface area contributed by atoms with Gasteiger partial charge in [0.1, 0.15) is 0 Å². The van der Waals surface area contributed by atoms with Crippen LogP contribution in [0.3, 0.4) is 0 Å². The van der Waals surface area contributed by atoms with Crippen LogP contribution in [0.1, 0.15) is 35.4 Å². The molecule has 1 aromatic carbocycles. The third kappa shape index (κ3) is 5.87. The summed E-state index contributed by atoms with van der Waals surface area (Å²) >= 11 is 0. The lowest BCUT2D eigenvalue weighted by Crippen LogP contribution is -2.42. The molecule has 134 valence electrons. The van der Waals surface area contributed by atoms with Crippen molar-refractivity contribution in [3.05, 3.63) is 65.0 Å². The van der Waals surface area contributed by atoms with Gasteiger partial charge in [-0.2, -0.15) is 0 Å². The number of hydrogen-bond acceptors (Lipinski definition) is 3. The van der Waals surface area contributed by atoms with Crippen LogP contribution >= 0.6 is 0 Å². The first-order chi connectivity index (χ1) is 12.0. The number of urea groups is 1. The standard InChI is InChI=1S/C20H27N3O2/c1-4-23(14-19(24)18-9-5-15(2)6-10-18)20(25)21-12-11-17-8-7-16(3)22-13-17/h5-10,13,19,24H,4,11-12,14H2,1-3H3,(H,21,25). The number of pyridine rings is 1. The van der Waals surface area contributed by atoms with Crippen molar-refractivity contribution in [2.75, 3.05) is 19.6 Å². The molecular formula is C20H27N3O2. The molecule has 2 N–H and O–H groups in total. The summed E-state index contributed by atoms with van der Waals surface area (Å²) in [6, 6.07) is 11.6. The number of carbonyl (C=O) groups is 1. The van der Waals surface area contributed by atoms with E-state index in [1.165, 1.54) is 0 Å². The van der Waals surface area contributed by atoms with Gasteiger partial charge >= 0.3 is 6.03 Å². The highest BCUT2D eigenvalue weighted by atomic mass is 16.3. The number of aryl methyl sites for hydroxylation is 2. The van der Waals surface area contributed by atoms with Gasteiger partial charge in [0.25, 0.3) is 0 Å². The van der Waals surface area contributed by atoms with Crippen LogP contribution in [0.4, 0.5) is 4.79 Å². The Morgan fingerprint density at radius 3 is 2.52 bits per heavy atom. The Bertz CT molecular complexity index is 668. The molecule has 2 aromatic rings. The van der Waals surface area contributed by atoms with Crippen molar-refractivity contribution in [1.29, 1.82) is 0 Å². The fraction of sp³-hybridized carbons (Fsp3) is 0.400. The maximum Gasteiger partial charge on any atom is 0.317 e. The van der Waals surface area contributed by atoms with Crippen molar-refractivity contribution >= 4 is 6.03 Å². The smallest absolute Gasteiger partial charge is 0.317 e. The Balaban J connectivity index is 1.83. The van der Waals surface area contributed by atoms with Crippen LogP contribution in [-0.4, -0.2) is 40.7 Å². The summed E-state index contributed by atoms with van der Waals surface area (Å²) in [4.78, 5) is 18.2. The molecule has 1 aromatic heterocycles. The first-order valence-corrected chi connectivity index (χ1v) is 8.68. The molecule has 0 fully saturated rings. The highest BCUT2D eigenvalue weighted by Crippen LogP contribution is 2.15. The molecule has 0 aliphatic carbocycles. The number of likely N-dealkylation sites (N-methyl/N-ethyl adjacent to an activating group) is 1. The zero-order valence-electron chi connectivity index (χ0n) is 15.2. The molecule has 0 radical (unpaired) electrons. The molecule has 0 aliphatic heterocycles. The Kier molecular flexibility index (Phi) is 6.95. The number of nitrogens with one attached hydrogen (secondary N) is 1. The summed E-state index contributed by atoms with van der Waals surface area (Å²) in [7, 11) is 0. The number of benzene rings is 1. The van der Waals surface area contributed by atoms with Crippen molar-refractivity contribution < 1.29 is 9.90 Å². The number of amides is 2. The largest absolute Gasteiger partial charge is 0.387 e. The molecule has 0 saturated heterocycles. The number of carbonyl (C=O) groups excluding carboxylic acids is 1. The number of rotatable bonds is 7. The van der Waals surface area contributed by atoms with E-state index in [0.717, 1.165) is 28.8 Å². The Hall–Kier alpha value is -2.40. The van der Waals surface area contributed by atoms with Crippen LogP contribution in [-0.2, 0) is 6.42 Å². The highest BCUT2D eigenvalue weighted by molar-refractivity contribution is 5.74. The van der Waals surface area contributed by atoms with Crippen LogP contribution in [0, 0.1) is 13.8 Å². The first-order valence-electron chi connectivity index (χ1n) is 8.68. The van der Waals surface area contributed by atoms with E-state index in [2.05, 4.69) is 10.3 Å². The zero-order valence-corrected chi connectivity index (χ0v) is 15.2. The number of aromatic nitrogens is 1. The summed E-state index contributed by atoms with van der Waals surface area (Å²) in [6.07, 6.45) is 1.88. The minimum Gasteiger partial charge on any atom is -0.387 e. The normalized spacial score (nSPS) is 11.8. The molecule has 0 spiro atoms. The quantitative estimate of drug-likeness (QED) is 0.813. The van der Waals surface area contributed by atoms with Gasteiger partial charge in [0.05, 0.1) is 12.6 Å². The zero-order chi connectivity index (χ0) is 18.2. The van der Waals surface area contributed by atoms with Gasteiger partial charge in [-0.15, -0.1) is 0 Å². The summed E-state index contributed by atoms with van der Waals surface area (Å²) in [6.45, 7) is 7.22. The van der Waals surface area contributed by atoms with Gasteiger partial charge in [0.15, 0.2) is 0 Å². The second-order valence-electron chi connectivity index (χ2n) is 6.25.